The largest absolute Gasteiger partial charge is 0.319 e. The van der Waals surface area contributed by atoms with Gasteiger partial charge in [0.05, 0.1) is 16.1 Å². The molecule has 0 unspecified atom stereocenters. The van der Waals surface area contributed by atoms with E-state index in [9.17, 15) is 0 Å². The van der Waals surface area contributed by atoms with E-state index in [1.54, 1.807) is 4.68 Å². The number of benzene rings is 1. The van der Waals surface area contributed by atoms with Crippen LogP contribution in [0.15, 0.2) is 30.5 Å². The van der Waals surface area contributed by atoms with Crippen molar-refractivity contribution in [2.24, 2.45) is 18.9 Å². The summed E-state index contributed by atoms with van der Waals surface area (Å²) in [5.41, 5.74) is 3.09. The predicted octanol–water partition coefficient (Wildman–Crippen LogP) is 7.01. The molecular weight excluding hydrogens is 454 g/mol. The number of piperidine rings is 2. The number of nitrogens with zero attached hydrogens (tertiary/aromatic N) is 5. The van der Waals surface area contributed by atoms with Crippen LogP contribution < -0.4 is 0 Å². The summed E-state index contributed by atoms with van der Waals surface area (Å²) in [5, 5.41) is 5.41. The quantitative estimate of drug-likeness (QED) is 0.395. The molecule has 2 aliphatic carbocycles. The van der Waals surface area contributed by atoms with Crippen LogP contribution >= 0.6 is 11.6 Å². The van der Waals surface area contributed by atoms with Gasteiger partial charge < -0.3 is 4.57 Å². The summed E-state index contributed by atoms with van der Waals surface area (Å²) in [7, 11) is 1.94. The fourth-order valence-electron chi connectivity index (χ4n) is 8.50. The van der Waals surface area contributed by atoms with Crippen molar-refractivity contribution in [3.8, 4) is 11.5 Å². The summed E-state index contributed by atoms with van der Waals surface area (Å²) in [6.07, 6.45) is 18.7. The maximum atomic E-state index is 6.65. The van der Waals surface area contributed by atoms with Gasteiger partial charge in [-0.25, -0.2) is 4.98 Å². The molecule has 2 saturated heterocycles. The van der Waals surface area contributed by atoms with Crippen LogP contribution in [-0.2, 0) is 7.05 Å². The van der Waals surface area contributed by atoms with Crippen molar-refractivity contribution in [3.05, 3.63) is 35.5 Å². The highest BCUT2D eigenvalue weighted by molar-refractivity contribution is 6.32. The zero-order chi connectivity index (χ0) is 23.5. The summed E-state index contributed by atoms with van der Waals surface area (Å²) in [6, 6.07) is 11.3. The Morgan fingerprint density at radius 2 is 1.51 bits per heavy atom. The molecular formula is C29H38ClN5. The first-order valence-corrected chi connectivity index (χ1v) is 14.5. The fraction of sp³-hybridized carbons (Fsp3) is 0.655. The lowest BCUT2D eigenvalue weighted by atomic mass is 9.73. The van der Waals surface area contributed by atoms with Crippen LogP contribution in [0.2, 0.25) is 5.02 Å². The molecule has 0 radical (unpaired) electrons. The summed E-state index contributed by atoms with van der Waals surface area (Å²) in [6.45, 7) is 0. The number of aryl methyl sites for hydroxylation is 1. The van der Waals surface area contributed by atoms with Crippen molar-refractivity contribution in [1.29, 1.82) is 0 Å². The van der Waals surface area contributed by atoms with Gasteiger partial charge in [0.1, 0.15) is 5.69 Å². The molecule has 5 nitrogen and oxygen atoms in total. The molecule has 6 atom stereocenters. The molecule has 1 aromatic carbocycles. The van der Waals surface area contributed by atoms with Gasteiger partial charge in [0.15, 0.2) is 5.82 Å². The van der Waals surface area contributed by atoms with E-state index >= 15 is 0 Å². The van der Waals surface area contributed by atoms with Crippen LogP contribution in [0.5, 0.6) is 0 Å². The van der Waals surface area contributed by atoms with Gasteiger partial charge in [-0.2, -0.15) is 5.10 Å². The predicted molar refractivity (Wildman–Crippen MR) is 142 cm³/mol. The van der Waals surface area contributed by atoms with Crippen molar-refractivity contribution >= 4 is 22.6 Å². The van der Waals surface area contributed by atoms with Gasteiger partial charge in [-0.3, -0.25) is 9.58 Å². The molecule has 0 N–H and O–H groups in total. The minimum Gasteiger partial charge on any atom is -0.319 e. The van der Waals surface area contributed by atoms with E-state index < -0.39 is 0 Å². The average Bonchev–Trinajstić information content (AvgIpc) is 3.34. The number of rotatable bonds is 3. The molecule has 3 aromatic rings. The molecule has 4 bridgehead atoms. The third-order valence-corrected chi connectivity index (χ3v) is 10.0. The lowest BCUT2D eigenvalue weighted by Crippen LogP contribution is -2.58. The van der Waals surface area contributed by atoms with Crippen LogP contribution in [0, 0.1) is 11.8 Å². The Bertz CT molecular complexity index is 1190. The van der Waals surface area contributed by atoms with E-state index in [1.807, 2.05) is 13.2 Å². The minimum atomic E-state index is 0.452. The maximum absolute atomic E-state index is 6.65. The van der Waals surface area contributed by atoms with Crippen LogP contribution in [0.4, 0.5) is 0 Å². The number of fused-ring (bicyclic) bond motifs is 5. The summed E-state index contributed by atoms with van der Waals surface area (Å²) < 4.78 is 4.31. The average molecular weight is 492 g/mol. The van der Waals surface area contributed by atoms with Gasteiger partial charge in [0.25, 0.3) is 0 Å². The van der Waals surface area contributed by atoms with E-state index in [-0.39, 0.29) is 0 Å². The van der Waals surface area contributed by atoms with Gasteiger partial charge >= 0.3 is 0 Å². The number of aromatic nitrogens is 4. The molecule has 6 heteroatoms. The standard InChI is InChI=1S/C29H38ClN5/c1-33-18-25(30)28(32-33)29-31-26-11-4-5-12-27(26)35(29)24-16-21-9-6-10-22(17-24)34(21)23-14-19-7-2-3-8-20(13-19)15-23/h4-5,11-12,18-24H,2-3,6-10,13-17H2,1H3/t19-,20+,21-,22+,23-,24+. The highest BCUT2D eigenvalue weighted by Crippen LogP contribution is 2.48. The molecule has 186 valence electrons. The number of para-hydroxylation sites is 2. The van der Waals surface area contributed by atoms with Gasteiger partial charge in [0.2, 0.25) is 0 Å². The Hall–Kier alpha value is -1.85. The third-order valence-electron chi connectivity index (χ3n) is 9.74. The van der Waals surface area contributed by atoms with Gasteiger partial charge in [-0.15, -0.1) is 0 Å². The summed E-state index contributed by atoms with van der Waals surface area (Å²) in [5.74, 6) is 2.90. The second-order valence-electron chi connectivity index (χ2n) is 12.0. The zero-order valence-corrected chi connectivity index (χ0v) is 21.7. The molecule has 35 heavy (non-hydrogen) atoms. The van der Waals surface area contributed by atoms with Gasteiger partial charge in [0, 0.05) is 37.4 Å². The van der Waals surface area contributed by atoms with Crippen LogP contribution in [0.3, 0.4) is 0 Å². The van der Waals surface area contributed by atoms with Crippen molar-refractivity contribution in [1.82, 2.24) is 24.2 Å². The van der Waals surface area contributed by atoms with E-state index in [0.717, 1.165) is 34.9 Å². The molecule has 0 spiro atoms. The van der Waals surface area contributed by atoms with Crippen LogP contribution in [0.25, 0.3) is 22.6 Å². The Balaban J connectivity index is 1.23. The number of hydrogen-bond acceptors (Lipinski definition) is 3. The smallest absolute Gasteiger partial charge is 0.163 e. The minimum absolute atomic E-state index is 0.452. The van der Waals surface area contributed by atoms with Crippen molar-refractivity contribution < 1.29 is 0 Å². The first kappa shape index (κ1) is 22.4. The SMILES string of the molecule is Cn1cc(Cl)c(-c2nc3ccccc3n2[C@H]2C[C@H]3CCC[C@@H](C2)N3[C@@H]2C[C@@H]3CCCC[C@@H](C3)C2)n1. The molecule has 0 amide bonds. The normalized spacial score (nSPS) is 33.7. The molecule has 2 aliphatic heterocycles. The third kappa shape index (κ3) is 3.94. The van der Waals surface area contributed by atoms with E-state index in [1.165, 1.54) is 82.6 Å². The number of hydrogen-bond donors (Lipinski definition) is 0. The first-order valence-electron chi connectivity index (χ1n) is 14.1. The number of imidazole rings is 1. The summed E-state index contributed by atoms with van der Waals surface area (Å²) in [4.78, 5) is 8.13. The lowest BCUT2D eigenvalue weighted by Gasteiger charge is -2.54. The molecule has 7 rings (SSSR count). The van der Waals surface area contributed by atoms with Gasteiger partial charge in [-0.05, 0) is 68.9 Å². The Kier molecular flexibility index (Phi) is 5.70. The van der Waals surface area contributed by atoms with Crippen molar-refractivity contribution in [2.45, 2.75) is 101 Å². The second kappa shape index (κ2) is 8.92. The molecule has 2 saturated carbocycles. The van der Waals surface area contributed by atoms with Crippen molar-refractivity contribution in [2.75, 3.05) is 0 Å². The van der Waals surface area contributed by atoms with E-state index in [0.29, 0.717) is 23.1 Å². The first-order chi connectivity index (χ1) is 17.1. The maximum Gasteiger partial charge on any atom is 0.163 e. The highest BCUT2D eigenvalue weighted by Gasteiger charge is 2.45. The van der Waals surface area contributed by atoms with Crippen LogP contribution in [-0.4, -0.2) is 42.4 Å². The van der Waals surface area contributed by atoms with Gasteiger partial charge in [-0.1, -0.05) is 55.8 Å². The summed E-state index contributed by atoms with van der Waals surface area (Å²) >= 11 is 6.65. The van der Waals surface area contributed by atoms with Crippen molar-refractivity contribution in [3.63, 3.8) is 0 Å². The lowest BCUT2D eigenvalue weighted by molar-refractivity contribution is -0.0415. The molecule has 2 aromatic heterocycles. The molecule has 4 aliphatic rings. The molecule has 4 fully saturated rings. The van der Waals surface area contributed by atoms with E-state index in [4.69, 9.17) is 21.7 Å². The molecule has 4 heterocycles. The Morgan fingerprint density at radius 3 is 2.20 bits per heavy atom. The van der Waals surface area contributed by atoms with Crippen LogP contribution in [0.1, 0.15) is 83.1 Å². The Labute approximate surface area is 213 Å². The van der Waals surface area contributed by atoms with E-state index in [2.05, 4.69) is 33.7 Å². The monoisotopic (exact) mass is 491 g/mol. The second-order valence-corrected chi connectivity index (χ2v) is 12.4. The number of halogens is 1. The topological polar surface area (TPSA) is 38.9 Å². The highest BCUT2D eigenvalue weighted by atomic mass is 35.5. The fourth-order valence-corrected chi connectivity index (χ4v) is 8.76. The zero-order valence-electron chi connectivity index (χ0n) is 21.0. The Morgan fingerprint density at radius 1 is 0.800 bits per heavy atom.